The van der Waals surface area contributed by atoms with Gasteiger partial charge in [0.1, 0.15) is 5.82 Å². The van der Waals surface area contributed by atoms with Crippen LogP contribution < -0.4 is 20.9 Å². The fourth-order valence-electron chi connectivity index (χ4n) is 4.20. The van der Waals surface area contributed by atoms with E-state index in [9.17, 15) is 0 Å². The summed E-state index contributed by atoms with van der Waals surface area (Å²) >= 11 is 6.50. The first-order chi connectivity index (χ1) is 15.9. The van der Waals surface area contributed by atoms with Crippen molar-refractivity contribution in [3.8, 4) is 0 Å². The van der Waals surface area contributed by atoms with E-state index in [1.54, 1.807) is 0 Å². The van der Waals surface area contributed by atoms with Crippen LogP contribution in [0.3, 0.4) is 0 Å². The van der Waals surface area contributed by atoms with Gasteiger partial charge in [-0.15, -0.1) is 24.8 Å². The molecule has 4 heterocycles. The molecule has 3 aromatic heterocycles. The lowest BCUT2D eigenvalue weighted by Gasteiger charge is -2.34. The van der Waals surface area contributed by atoms with Crippen molar-refractivity contribution in [1.29, 1.82) is 0 Å². The summed E-state index contributed by atoms with van der Waals surface area (Å²) in [5.41, 5.74) is 3.99. The Bertz CT molecular complexity index is 1160. The van der Waals surface area contributed by atoms with Crippen LogP contribution in [-0.4, -0.2) is 50.4 Å². The van der Waals surface area contributed by atoms with Gasteiger partial charge in [-0.25, -0.2) is 9.97 Å². The molecule has 2 fully saturated rings. The molecule has 3 N–H and O–H groups in total. The number of hydrogen-bond acceptors (Lipinski definition) is 8. The molecule has 35 heavy (non-hydrogen) atoms. The van der Waals surface area contributed by atoms with Gasteiger partial charge in [0.15, 0.2) is 11.6 Å². The molecule has 1 aliphatic carbocycles. The maximum Gasteiger partial charge on any atom is 0.230 e. The second-order valence-corrected chi connectivity index (χ2v) is 9.42. The fraction of sp³-hybridized carbons (Fsp3) is 0.478. The van der Waals surface area contributed by atoms with Gasteiger partial charge in [-0.1, -0.05) is 11.6 Å². The van der Waals surface area contributed by atoms with Crippen molar-refractivity contribution in [3.63, 3.8) is 0 Å². The number of nitrogens with one attached hydrogen (secondary N) is 3. The maximum atomic E-state index is 6.50. The van der Waals surface area contributed by atoms with Gasteiger partial charge in [0.2, 0.25) is 5.95 Å². The quantitative estimate of drug-likeness (QED) is 0.407. The summed E-state index contributed by atoms with van der Waals surface area (Å²) in [5.74, 6) is 3.19. The average Bonchev–Trinajstić information content (AvgIpc) is 3.56. The number of pyridine rings is 1. The molecule has 5 rings (SSSR count). The van der Waals surface area contributed by atoms with Gasteiger partial charge < -0.3 is 20.9 Å². The second-order valence-electron chi connectivity index (χ2n) is 9.04. The molecule has 1 saturated heterocycles. The van der Waals surface area contributed by atoms with E-state index in [0.29, 0.717) is 29.5 Å². The highest BCUT2D eigenvalue weighted by molar-refractivity contribution is 6.32. The number of aromatic nitrogens is 5. The zero-order valence-electron chi connectivity index (χ0n) is 20.3. The van der Waals surface area contributed by atoms with Gasteiger partial charge >= 0.3 is 0 Å². The van der Waals surface area contributed by atoms with E-state index in [1.807, 2.05) is 43.9 Å². The van der Waals surface area contributed by atoms with Gasteiger partial charge in [-0.2, -0.15) is 10.1 Å². The zero-order chi connectivity index (χ0) is 23.1. The van der Waals surface area contributed by atoms with Crippen molar-refractivity contribution >= 4 is 65.5 Å². The Morgan fingerprint density at radius 3 is 2.51 bits per heavy atom. The molecule has 0 amide bonds. The molecule has 0 bridgehead atoms. The summed E-state index contributed by atoms with van der Waals surface area (Å²) in [6, 6.07) is 4.42. The van der Waals surface area contributed by atoms with E-state index >= 15 is 0 Å². The number of anilines is 5. The summed E-state index contributed by atoms with van der Waals surface area (Å²) in [6.45, 7) is 8.83. The SMILES string of the molecule is Cc1nc(Nc2ncc(N3CCNC(C)C3)c(Nc3cc(C)n(C)n3)n2)cc(C2CC2)c1Cl.Cl.Cl. The summed E-state index contributed by atoms with van der Waals surface area (Å²) in [7, 11) is 1.93. The minimum Gasteiger partial charge on any atom is -0.364 e. The highest BCUT2D eigenvalue weighted by Crippen LogP contribution is 2.44. The summed E-state index contributed by atoms with van der Waals surface area (Å²) in [4.78, 5) is 16.4. The highest BCUT2D eigenvalue weighted by Gasteiger charge is 2.27. The Kier molecular flexibility index (Phi) is 8.69. The normalized spacial score (nSPS) is 17.4. The van der Waals surface area contributed by atoms with Crippen LogP contribution in [0.15, 0.2) is 18.3 Å². The third-order valence-electron chi connectivity index (χ3n) is 6.25. The molecule has 1 atom stereocenters. The van der Waals surface area contributed by atoms with E-state index < -0.39 is 0 Å². The van der Waals surface area contributed by atoms with Crippen LogP contribution in [0.2, 0.25) is 5.02 Å². The van der Waals surface area contributed by atoms with Gasteiger partial charge in [0.25, 0.3) is 0 Å². The Labute approximate surface area is 223 Å². The van der Waals surface area contributed by atoms with Crippen molar-refractivity contribution in [2.24, 2.45) is 7.05 Å². The molecule has 190 valence electrons. The number of halogens is 3. The van der Waals surface area contributed by atoms with Crippen LogP contribution in [0.25, 0.3) is 0 Å². The molecule has 1 saturated carbocycles. The molecular formula is C23H32Cl3N9. The summed E-state index contributed by atoms with van der Waals surface area (Å²) in [5, 5.41) is 15.5. The third-order valence-corrected chi connectivity index (χ3v) is 6.74. The Balaban J connectivity index is 0.00000171. The van der Waals surface area contributed by atoms with E-state index in [2.05, 4.69) is 42.8 Å². The van der Waals surface area contributed by atoms with E-state index in [-0.39, 0.29) is 24.8 Å². The largest absolute Gasteiger partial charge is 0.364 e. The molecule has 1 unspecified atom stereocenters. The van der Waals surface area contributed by atoms with Crippen molar-refractivity contribution in [2.45, 2.75) is 45.6 Å². The summed E-state index contributed by atoms with van der Waals surface area (Å²) < 4.78 is 1.84. The maximum absolute atomic E-state index is 6.50. The molecule has 2 aliphatic rings. The predicted octanol–water partition coefficient (Wildman–Crippen LogP) is 4.88. The van der Waals surface area contributed by atoms with Crippen molar-refractivity contribution in [3.05, 3.63) is 40.3 Å². The average molecular weight is 541 g/mol. The summed E-state index contributed by atoms with van der Waals surface area (Å²) in [6.07, 6.45) is 4.22. The van der Waals surface area contributed by atoms with Crippen LogP contribution in [0.1, 0.15) is 42.6 Å². The topological polar surface area (TPSA) is 95.8 Å². The Morgan fingerprint density at radius 1 is 1.09 bits per heavy atom. The molecular weight excluding hydrogens is 509 g/mol. The molecule has 0 spiro atoms. The first kappa shape index (κ1) is 27.3. The number of nitrogens with zero attached hydrogens (tertiary/aromatic N) is 6. The van der Waals surface area contributed by atoms with Crippen LogP contribution >= 0.6 is 36.4 Å². The first-order valence-corrected chi connectivity index (χ1v) is 11.8. The van der Waals surface area contributed by atoms with Crippen molar-refractivity contribution in [2.75, 3.05) is 35.2 Å². The van der Waals surface area contributed by atoms with Gasteiger partial charge in [-0.05, 0) is 51.2 Å². The van der Waals surface area contributed by atoms with Gasteiger partial charge in [0, 0.05) is 44.5 Å². The number of rotatable bonds is 6. The number of piperazine rings is 1. The lowest BCUT2D eigenvalue weighted by molar-refractivity contribution is 0.484. The Morgan fingerprint density at radius 2 is 1.86 bits per heavy atom. The lowest BCUT2D eigenvalue weighted by Crippen LogP contribution is -2.49. The molecule has 1 aliphatic heterocycles. The smallest absolute Gasteiger partial charge is 0.230 e. The standard InChI is InChI=1S/C23H30ClN9.2ClH/c1-13-12-33(8-7-25-13)18-11-26-23(30-22(18)28-20-9-14(2)32(4)31-20)29-19-10-17(16-5-6-16)21(24)15(3)27-19;;/h9-11,13,16,25H,5-8,12H2,1-4H3,(H2,26,27,28,29,30,31);2*1H. The van der Waals surface area contributed by atoms with Crippen LogP contribution in [0, 0.1) is 13.8 Å². The van der Waals surface area contributed by atoms with Crippen molar-refractivity contribution in [1.82, 2.24) is 30.0 Å². The van der Waals surface area contributed by atoms with Gasteiger partial charge in [0.05, 0.1) is 22.6 Å². The minimum atomic E-state index is 0. The van der Waals surface area contributed by atoms with E-state index in [1.165, 1.54) is 12.8 Å². The number of hydrogen-bond donors (Lipinski definition) is 3. The Hall–Kier alpha value is -2.33. The van der Waals surface area contributed by atoms with Crippen LogP contribution in [0.4, 0.5) is 29.1 Å². The van der Waals surface area contributed by atoms with Gasteiger partial charge in [-0.3, -0.25) is 4.68 Å². The second kappa shape index (κ2) is 11.2. The molecule has 0 aromatic carbocycles. The first-order valence-electron chi connectivity index (χ1n) is 11.4. The number of aryl methyl sites for hydroxylation is 3. The molecule has 9 nitrogen and oxygen atoms in total. The zero-order valence-corrected chi connectivity index (χ0v) is 22.7. The monoisotopic (exact) mass is 539 g/mol. The highest BCUT2D eigenvalue weighted by atomic mass is 35.5. The van der Waals surface area contributed by atoms with Crippen LogP contribution in [-0.2, 0) is 7.05 Å². The van der Waals surface area contributed by atoms with Crippen LogP contribution in [0.5, 0.6) is 0 Å². The molecule has 12 heteroatoms. The third kappa shape index (κ3) is 6.09. The lowest BCUT2D eigenvalue weighted by atomic mass is 10.1. The molecule has 0 radical (unpaired) electrons. The predicted molar refractivity (Wildman–Crippen MR) is 147 cm³/mol. The van der Waals surface area contributed by atoms with E-state index in [4.69, 9.17) is 16.6 Å². The van der Waals surface area contributed by atoms with E-state index in [0.717, 1.165) is 53.1 Å². The van der Waals surface area contributed by atoms with Crippen molar-refractivity contribution < 1.29 is 0 Å². The molecule has 3 aromatic rings. The fourth-order valence-corrected chi connectivity index (χ4v) is 4.46. The minimum absolute atomic E-state index is 0.